The molecule has 1 amide bonds. The maximum Gasteiger partial charge on any atom is 0.358 e. The Hall–Kier alpha value is -1.96. The Balaban J connectivity index is 2.28. The zero-order valence-electron chi connectivity index (χ0n) is 10.2. The largest absolute Gasteiger partial charge is 0.476 e. The summed E-state index contributed by atoms with van der Waals surface area (Å²) in [5.74, 6) is -1.25. The molecule has 0 aliphatic heterocycles. The lowest BCUT2D eigenvalue weighted by Crippen LogP contribution is -2.33. The van der Waals surface area contributed by atoms with E-state index in [1.54, 1.807) is 0 Å². The van der Waals surface area contributed by atoms with Crippen LogP contribution in [0.25, 0.3) is 0 Å². The molecular weight excluding hydrogens is 238 g/mol. The Morgan fingerprint density at radius 3 is 2.89 bits per heavy atom. The lowest BCUT2D eigenvalue weighted by molar-refractivity contribution is -0.121. The molecule has 1 aromatic heterocycles. The van der Waals surface area contributed by atoms with Gasteiger partial charge in [0.1, 0.15) is 0 Å². The first-order valence-electron chi connectivity index (χ1n) is 5.68. The summed E-state index contributed by atoms with van der Waals surface area (Å²) in [6.45, 7) is 2.64. The van der Waals surface area contributed by atoms with Gasteiger partial charge in [0, 0.05) is 19.0 Å². The van der Waals surface area contributed by atoms with E-state index >= 15 is 0 Å². The third kappa shape index (κ3) is 4.50. The molecular formula is C10H17N5O3. The number of hydrogen-bond donors (Lipinski definition) is 3. The first kappa shape index (κ1) is 14.1. The number of amides is 1. The van der Waals surface area contributed by atoms with E-state index in [1.807, 2.05) is 6.92 Å². The highest BCUT2D eigenvalue weighted by Crippen LogP contribution is 1.94. The van der Waals surface area contributed by atoms with E-state index in [4.69, 9.17) is 10.8 Å². The number of carboxylic acids is 1. The van der Waals surface area contributed by atoms with Gasteiger partial charge in [0.25, 0.3) is 0 Å². The van der Waals surface area contributed by atoms with Crippen LogP contribution in [0.1, 0.15) is 30.3 Å². The molecule has 8 nitrogen and oxygen atoms in total. The van der Waals surface area contributed by atoms with E-state index in [0.29, 0.717) is 13.1 Å². The first-order chi connectivity index (χ1) is 8.52. The van der Waals surface area contributed by atoms with E-state index in [1.165, 1.54) is 10.9 Å². The van der Waals surface area contributed by atoms with Crippen molar-refractivity contribution in [3.8, 4) is 0 Å². The molecule has 8 heteroatoms. The van der Waals surface area contributed by atoms with Crippen LogP contribution in [0.4, 0.5) is 0 Å². The van der Waals surface area contributed by atoms with Crippen molar-refractivity contribution in [1.82, 2.24) is 20.3 Å². The number of nitrogens with two attached hydrogens (primary N) is 1. The molecule has 1 unspecified atom stereocenters. The maximum absolute atomic E-state index is 11.4. The molecule has 0 spiro atoms. The van der Waals surface area contributed by atoms with Crippen LogP contribution in [-0.2, 0) is 11.3 Å². The van der Waals surface area contributed by atoms with Crippen LogP contribution in [-0.4, -0.2) is 44.6 Å². The third-order valence-corrected chi connectivity index (χ3v) is 2.39. The van der Waals surface area contributed by atoms with Gasteiger partial charge in [-0.25, -0.2) is 9.48 Å². The predicted molar refractivity (Wildman–Crippen MR) is 62.9 cm³/mol. The Kier molecular flexibility index (Phi) is 5.25. The average Bonchev–Trinajstić information content (AvgIpc) is 2.77. The number of rotatable bonds is 7. The quantitative estimate of drug-likeness (QED) is 0.587. The molecule has 100 valence electrons. The molecule has 1 aromatic rings. The standard InChI is InChI=1S/C10H17N5O3/c1-2-7(11)5-9(16)12-3-4-15-6-8(10(17)18)13-14-15/h6-7H,2-5,11H2,1H3,(H,12,16)(H,17,18). The Morgan fingerprint density at radius 1 is 1.61 bits per heavy atom. The normalized spacial score (nSPS) is 12.1. The van der Waals surface area contributed by atoms with Crippen molar-refractivity contribution in [3.63, 3.8) is 0 Å². The van der Waals surface area contributed by atoms with Crippen LogP contribution in [0.15, 0.2) is 6.20 Å². The molecule has 1 rings (SSSR count). The lowest BCUT2D eigenvalue weighted by Gasteiger charge is -2.08. The topological polar surface area (TPSA) is 123 Å². The highest BCUT2D eigenvalue weighted by molar-refractivity contribution is 5.84. The summed E-state index contributed by atoms with van der Waals surface area (Å²) in [6, 6.07) is -0.130. The minimum atomic E-state index is -1.13. The molecule has 0 aliphatic carbocycles. The lowest BCUT2D eigenvalue weighted by atomic mass is 10.1. The van der Waals surface area contributed by atoms with Gasteiger partial charge in [0.2, 0.25) is 5.91 Å². The van der Waals surface area contributed by atoms with Gasteiger partial charge in [-0.1, -0.05) is 12.1 Å². The number of carbonyl (C=O) groups excluding carboxylic acids is 1. The fourth-order valence-electron chi connectivity index (χ4n) is 1.27. The van der Waals surface area contributed by atoms with E-state index in [2.05, 4.69) is 15.6 Å². The Labute approximate surface area is 104 Å². The van der Waals surface area contributed by atoms with Gasteiger partial charge < -0.3 is 16.2 Å². The second-order valence-electron chi connectivity index (χ2n) is 3.89. The minimum Gasteiger partial charge on any atom is -0.476 e. The minimum absolute atomic E-state index is 0.116. The van der Waals surface area contributed by atoms with Crippen molar-refractivity contribution in [1.29, 1.82) is 0 Å². The van der Waals surface area contributed by atoms with Gasteiger partial charge in [-0.05, 0) is 6.42 Å². The summed E-state index contributed by atoms with van der Waals surface area (Å²) >= 11 is 0. The highest BCUT2D eigenvalue weighted by Gasteiger charge is 2.09. The zero-order valence-corrected chi connectivity index (χ0v) is 10.2. The molecule has 0 radical (unpaired) electrons. The summed E-state index contributed by atoms with van der Waals surface area (Å²) in [5, 5.41) is 18.4. The van der Waals surface area contributed by atoms with Crippen molar-refractivity contribution < 1.29 is 14.7 Å². The summed E-state index contributed by atoms with van der Waals surface area (Å²) in [5.41, 5.74) is 5.52. The average molecular weight is 255 g/mol. The van der Waals surface area contributed by atoms with Crippen molar-refractivity contribution in [2.45, 2.75) is 32.4 Å². The maximum atomic E-state index is 11.4. The van der Waals surface area contributed by atoms with Crippen molar-refractivity contribution in [3.05, 3.63) is 11.9 Å². The number of nitrogens with one attached hydrogen (secondary N) is 1. The SMILES string of the molecule is CCC(N)CC(=O)NCCn1cc(C(=O)O)nn1. The van der Waals surface area contributed by atoms with E-state index in [-0.39, 0.29) is 24.1 Å². The summed E-state index contributed by atoms with van der Waals surface area (Å²) in [6.07, 6.45) is 2.35. The van der Waals surface area contributed by atoms with Crippen LogP contribution in [0.5, 0.6) is 0 Å². The zero-order chi connectivity index (χ0) is 13.5. The summed E-state index contributed by atoms with van der Waals surface area (Å²) < 4.78 is 1.36. The van der Waals surface area contributed by atoms with Crippen LogP contribution >= 0.6 is 0 Å². The Morgan fingerprint density at radius 2 is 2.33 bits per heavy atom. The number of hydrogen-bond acceptors (Lipinski definition) is 5. The first-order valence-corrected chi connectivity index (χ1v) is 5.68. The number of nitrogens with zero attached hydrogens (tertiary/aromatic N) is 3. The van der Waals surface area contributed by atoms with Crippen molar-refractivity contribution in [2.24, 2.45) is 5.73 Å². The molecule has 18 heavy (non-hydrogen) atoms. The third-order valence-electron chi connectivity index (χ3n) is 2.39. The van der Waals surface area contributed by atoms with E-state index in [0.717, 1.165) is 6.42 Å². The second kappa shape index (κ2) is 6.70. The molecule has 0 bridgehead atoms. The highest BCUT2D eigenvalue weighted by atomic mass is 16.4. The monoisotopic (exact) mass is 255 g/mol. The molecule has 0 saturated carbocycles. The van der Waals surface area contributed by atoms with E-state index < -0.39 is 5.97 Å². The number of aromatic carboxylic acids is 1. The number of carboxylic acid groups (broad SMARTS) is 1. The fourth-order valence-corrected chi connectivity index (χ4v) is 1.27. The van der Waals surface area contributed by atoms with Crippen LogP contribution in [0.3, 0.4) is 0 Å². The Bertz CT molecular complexity index is 417. The number of carbonyl (C=O) groups is 2. The van der Waals surface area contributed by atoms with Crippen LogP contribution in [0.2, 0.25) is 0 Å². The van der Waals surface area contributed by atoms with Crippen molar-refractivity contribution >= 4 is 11.9 Å². The second-order valence-corrected chi connectivity index (χ2v) is 3.89. The summed E-state index contributed by atoms with van der Waals surface area (Å²) in [4.78, 5) is 21.9. The molecule has 0 fully saturated rings. The molecule has 1 heterocycles. The van der Waals surface area contributed by atoms with Gasteiger partial charge in [-0.15, -0.1) is 5.10 Å². The molecule has 0 aliphatic rings. The van der Waals surface area contributed by atoms with E-state index in [9.17, 15) is 9.59 Å². The van der Waals surface area contributed by atoms with Gasteiger partial charge in [-0.3, -0.25) is 4.79 Å². The van der Waals surface area contributed by atoms with Crippen LogP contribution in [0, 0.1) is 0 Å². The smallest absolute Gasteiger partial charge is 0.358 e. The van der Waals surface area contributed by atoms with Gasteiger partial charge in [-0.2, -0.15) is 0 Å². The van der Waals surface area contributed by atoms with Crippen molar-refractivity contribution in [2.75, 3.05) is 6.54 Å². The number of aromatic nitrogens is 3. The van der Waals surface area contributed by atoms with Gasteiger partial charge in [0.15, 0.2) is 5.69 Å². The summed E-state index contributed by atoms with van der Waals surface area (Å²) in [7, 11) is 0. The molecule has 1 atom stereocenters. The fraction of sp³-hybridized carbons (Fsp3) is 0.600. The van der Waals surface area contributed by atoms with Gasteiger partial charge in [0.05, 0.1) is 12.7 Å². The molecule has 0 saturated heterocycles. The molecule has 0 aromatic carbocycles. The molecule has 4 N–H and O–H groups in total. The predicted octanol–water partition coefficient (Wildman–Crippen LogP) is -0.780. The van der Waals surface area contributed by atoms with Crippen LogP contribution < -0.4 is 11.1 Å². The van der Waals surface area contributed by atoms with Gasteiger partial charge >= 0.3 is 5.97 Å².